The van der Waals surface area contributed by atoms with E-state index in [4.69, 9.17) is 22.6 Å². The fraction of sp³-hybridized carbons (Fsp3) is 0.647. The predicted molar refractivity (Wildman–Crippen MR) is 107 cm³/mol. The topological polar surface area (TPSA) is 123 Å². The van der Waals surface area contributed by atoms with Crippen LogP contribution in [0.1, 0.15) is 0 Å². The Morgan fingerprint density at radius 3 is 1.89 bits per heavy atom. The molecule has 0 unspecified atom stereocenters. The number of likely N-dealkylation sites (N-methyl/N-ethyl adjacent to an activating group) is 1. The fourth-order valence-corrected chi connectivity index (χ4v) is 2.53. The Hall–Kier alpha value is -1.37. The Morgan fingerprint density at radius 1 is 0.963 bits per heavy atom. The van der Waals surface area contributed by atoms with Crippen LogP contribution in [0.25, 0.3) is 0 Å². The van der Waals surface area contributed by atoms with Gasteiger partial charge in [0, 0.05) is 58.9 Å². The van der Waals surface area contributed by atoms with Crippen LogP contribution in [-0.2, 0) is 0 Å². The third-order valence-electron chi connectivity index (χ3n) is 4.39. The Bertz CT molecular complexity index is 484. The zero-order valence-electron chi connectivity index (χ0n) is 16.2. The number of benzene rings is 1. The summed E-state index contributed by atoms with van der Waals surface area (Å²) in [5, 5.41) is 12.3. The first-order valence-electron chi connectivity index (χ1n) is 9.18. The fourth-order valence-electron chi connectivity index (χ4n) is 2.53. The molecular formula is C17H35FN8O. The quantitative estimate of drug-likeness (QED) is 0.318. The first kappa shape index (κ1) is 23.7. The molecule has 0 aromatic heterocycles. The van der Waals surface area contributed by atoms with E-state index >= 15 is 0 Å². The van der Waals surface area contributed by atoms with Gasteiger partial charge in [0.25, 0.3) is 0 Å². The van der Waals surface area contributed by atoms with Crippen LogP contribution in [0.5, 0.6) is 0 Å². The van der Waals surface area contributed by atoms with Crippen molar-refractivity contribution in [1.82, 2.24) is 19.8 Å². The summed E-state index contributed by atoms with van der Waals surface area (Å²) < 4.78 is 12.4. The number of nitrogen functional groups attached to an aromatic ring is 1. The normalized spacial score (nSPS) is 19.5. The lowest BCUT2D eigenvalue weighted by molar-refractivity contribution is 0.113. The van der Waals surface area contributed by atoms with Crippen molar-refractivity contribution in [3.8, 4) is 0 Å². The number of hydrogen-bond acceptors (Lipinski definition) is 9. The molecule has 1 aromatic rings. The zero-order valence-corrected chi connectivity index (χ0v) is 16.2. The molecule has 0 aliphatic carbocycles. The standard InChI is InChI=1S/C6H7FN2.C6H15N3O.C5H13N3/c7-5-3-1-2-4-6(5)9-8;7-9-3-1-8(2-4-9)5-6-10;1-7-2-4-8(6)5-3-7/h1-4,9H,8H2;10H,1-7H2;2-6H2,1H3. The van der Waals surface area contributed by atoms with E-state index in [-0.39, 0.29) is 12.4 Å². The largest absolute Gasteiger partial charge is 0.395 e. The highest BCUT2D eigenvalue weighted by atomic mass is 19.1. The molecule has 1 aromatic carbocycles. The van der Waals surface area contributed by atoms with Gasteiger partial charge in [-0.25, -0.2) is 14.4 Å². The van der Waals surface area contributed by atoms with Crippen LogP contribution in [0.3, 0.4) is 0 Å². The van der Waals surface area contributed by atoms with Gasteiger partial charge in [0.15, 0.2) is 0 Å². The lowest BCUT2D eigenvalue weighted by Crippen LogP contribution is -2.49. The zero-order chi connectivity index (χ0) is 20.1. The number of β-amino-alcohol motifs (C(OH)–C–C–N with tert-alkyl or cyclic N) is 1. The van der Waals surface area contributed by atoms with Gasteiger partial charge in [-0.1, -0.05) is 12.1 Å². The Kier molecular flexibility index (Phi) is 12.1. The number of nitrogens with two attached hydrogens (primary N) is 3. The molecular weight excluding hydrogens is 351 g/mol. The summed E-state index contributed by atoms with van der Waals surface area (Å²) in [6, 6.07) is 6.22. The second-order valence-electron chi connectivity index (χ2n) is 6.56. The molecule has 8 N–H and O–H groups in total. The monoisotopic (exact) mass is 386 g/mol. The van der Waals surface area contributed by atoms with E-state index in [0.29, 0.717) is 5.69 Å². The van der Waals surface area contributed by atoms with Crippen LogP contribution in [0.15, 0.2) is 24.3 Å². The summed E-state index contributed by atoms with van der Waals surface area (Å²) >= 11 is 0. The predicted octanol–water partition coefficient (Wildman–Crippen LogP) is -1.31. The van der Waals surface area contributed by atoms with E-state index in [1.54, 1.807) is 18.2 Å². The summed E-state index contributed by atoms with van der Waals surface area (Å²) in [6.45, 7) is 9.08. The van der Waals surface area contributed by atoms with Gasteiger partial charge in [-0.05, 0) is 19.2 Å². The van der Waals surface area contributed by atoms with E-state index in [2.05, 4.69) is 22.3 Å². The van der Waals surface area contributed by atoms with Crippen LogP contribution in [0, 0.1) is 5.82 Å². The molecule has 0 spiro atoms. The first-order chi connectivity index (χ1) is 13.0. The molecule has 0 saturated carbocycles. The number of rotatable bonds is 3. The maximum atomic E-state index is 12.4. The minimum absolute atomic E-state index is 0.255. The maximum absolute atomic E-state index is 12.4. The molecule has 0 bridgehead atoms. The number of piperazine rings is 2. The second kappa shape index (κ2) is 13.7. The maximum Gasteiger partial charge on any atom is 0.147 e. The number of hydrazine groups is 3. The Labute approximate surface area is 161 Å². The number of nitrogens with one attached hydrogen (secondary N) is 1. The third-order valence-corrected chi connectivity index (χ3v) is 4.39. The second-order valence-corrected chi connectivity index (χ2v) is 6.56. The third kappa shape index (κ3) is 10.5. The molecule has 2 heterocycles. The molecule has 9 nitrogen and oxygen atoms in total. The number of para-hydroxylation sites is 1. The highest BCUT2D eigenvalue weighted by Crippen LogP contribution is 2.09. The molecule has 2 fully saturated rings. The van der Waals surface area contributed by atoms with Gasteiger partial charge >= 0.3 is 0 Å². The average Bonchev–Trinajstić information content (AvgIpc) is 2.68. The number of hydrogen-bond donors (Lipinski definition) is 5. The Balaban J connectivity index is 0.000000204. The highest BCUT2D eigenvalue weighted by molar-refractivity contribution is 5.42. The molecule has 2 aliphatic heterocycles. The number of aliphatic hydroxyl groups excluding tert-OH is 1. The van der Waals surface area contributed by atoms with Gasteiger partial charge in [-0.3, -0.25) is 22.4 Å². The number of halogens is 1. The van der Waals surface area contributed by atoms with Crippen molar-refractivity contribution in [2.75, 3.05) is 78.0 Å². The van der Waals surface area contributed by atoms with Crippen molar-refractivity contribution in [2.24, 2.45) is 17.5 Å². The van der Waals surface area contributed by atoms with Crippen molar-refractivity contribution in [3.63, 3.8) is 0 Å². The molecule has 2 saturated heterocycles. The van der Waals surface area contributed by atoms with E-state index in [0.717, 1.165) is 58.9 Å². The van der Waals surface area contributed by atoms with Crippen LogP contribution < -0.4 is 23.0 Å². The van der Waals surface area contributed by atoms with Gasteiger partial charge in [0.1, 0.15) is 5.82 Å². The average molecular weight is 387 g/mol. The highest BCUT2D eigenvalue weighted by Gasteiger charge is 2.12. The number of aliphatic hydroxyl groups is 1. The van der Waals surface area contributed by atoms with E-state index in [9.17, 15) is 4.39 Å². The van der Waals surface area contributed by atoms with Crippen molar-refractivity contribution in [2.45, 2.75) is 0 Å². The van der Waals surface area contributed by atoms with Crippen LogP contribution in [0.2, 0.25) is 0 Å². The summed E-state index contributed by atoms with van der Waals surface area (Å²) in [6.07, 6.45) is 0. The molecule has 0 atom stereocenters. The number of anilines is 1. The lowest BCUT2D eigenvalue weighted by Gasteiger charge is -2.31. The van der Waals surface area contributed by atoms with Crippen LogP contribution in [-0.4, -0.2) is 97.5 Å². The minimum atomic E-state index is -0.333. The van der Waals surface area contributed by atoms with Gasteiger partial charge in [-0.2, -0.15) is 0 Å². The van der Waals surface area contributed by atoms with E-state index < -0.39 is 0 Å². The van der Waals surface area contributed by atoms with Crippen molar-refractivity contribution in [1.29, 1.82) is 0 Å². The lowest BCUT2D eigenvalue weighted by atomic mass is 10.3. The van der Waals surface area contributed by atoms with Crippen molar-refractivity contribution >= 4 is 5.69 Å². The summed E-state index contributed by atoms with van der Waals surface area (Å²) in [7, 11) is 2.12. The van der Waals surface area contributed by atoms with Gasteiger partial charge in [-0.15, -0.1) is 0 Å². The molecule has 0 radical (unpaired) electrons. The van der Waals surface area contributed by atoms with Gasteiger partial charge < -0.3 is 15.4 Å². The summed E-state index contributed by atoms with van der Waals surface area (Å²) in [5.74, 6) is 15.7. The van der Waals surface area contributed by atoms with Crippen LogP contribution >= 0.6 is 0 Å². The smallest absolute Gasteiger partial charge is 0.147 e. The van der Waals surface area contributed by atoms with E-state index in [1.165, 1.54) is 6.07 Å². The van der Waals surface area contributed by atoms with Gasteiger partial charge in [0.2, 0.25) is 0 Å². The SMILES string of the molecule is CN1CCN(N)CC1.NN1CCN(CCO)CC1.NNc1ccccc1F. The minimum Gasteiger partial charge on any atom is -0.395 e. The van der Waals surface area contributed by atoms with Crippen LogP contribution in [0.4, 0.5) is 10.1 Å². The Morgan fingerprint density at radius 2 is 1.48 bits per heavy atom. The van der Waals surface area contributed by atoms with Gasteiger partial charge in [0.05, 0.1) is 12.3 Å². The molecule has 3 rings (SSSR count). The summed E-state index contributed by atoms with van der Waals surface area (Å²) in [5.41, 5.74) is 2.54. The molecule has 27 heavy (non-hydrogen) atoms. The number of nitrogens with zero attached hydrogens (tertiary/aromatic N) is 4. The van der Waals surface area contributed by atoms with Crippen molar-refractivity contribution < 1.29 is 9.50 Å². The molecule has 10 heteroatoms. The first-order valence-corrected chi connectivity index (χ1v) is 9.18. The molecule has 156 valence electrons. The summed E-state index contributed by atoms with van der Waals surface area (Å²) in [4.78, 5) is 4.49. The van der Waals surface area contributed by atoms with E-state index in [1.807, 2.05) is 10.0 Å². The van der Waals surface area contributed by atoms with Crippen molar-refractivity contribution in [3.05, 3.63) is 30.1 Å². The molecule has 2 aliphatic rings. The molecule has 0 amide bonds.